The highest BCUT2D eigenvalue weighted by Crippen LogP contribution is 2.31. The van der Waals surface area contributed by atoms with Crippen molar-refractivity contribution in [3.05, 3.63) is 11.4 Å². The summed E-state index contributed by atoms with van der Waals surface area (Å²) in [6, 6.07) is 0.0193. The maximum absolute atomic E-state index is 12.0. The summed E-state index contributed by atoms with van der Waals surface area (Å²) in [5.74, 6) is 0.388. The minimum absolute atomic E-state index is 0.0193. The first-order chi connectivity index (χ1) is 7.45. The van der Waals surface area contributed by atoms with E-state index in [2.05, 4.69) is 14.9 Å². The van der Waals surface area contributed by atoms with Gasteiger partial charge < -0.3 is 5.11 Å². The van der Waals surface area contributed by atoms with E-state index < -0.39 is 10.0 Å². The second kappa shape index (κ2) is 3.83. The molecule has 0 radical (unpaired) electrons. The predicted molar refractivity (Wildman–Crippen MR) is 57.1 cm³/mol. The standard InChI is InChI=1S/C9H15N3O3S/c1-5-3-7(5)12-16(14,15)9-6(2)10-11-8(9)4-13/h5,7,12-13H,3-4H2,1-2H3,(H,10,11). The molecule has 0 saturated heterocycles. The lowest BCUT2D eigenvalue weighted by Crippen LogP contribution is -2.28. The summed E-state index contributed by atoms with van der Waals surface area (Å²) in [5, 5.41) is 15.3. The Bertz CT molecular complexity index is 494. The number of H-pyrrole nitrogens is 1. The number of sulfonamides is 1. The zero-order valence-corrected chi connectivity index (χ0v) is 10.0. The molecule has 0 aliphatic heterocycles. The Hall–Kier alpha value is -0.920. The molecule has 1 fully saturated rings. The summed E-state index contributed by atoms with van der Waals surface area (Å²) in [5.41, 5.74) is 0.614. The molecule has 1 aliphatic rings. The molecule has 2 rings (SSSR count). The largest absolute Gasteiger partial charge is 0.390 e. The summed E-state index contributed by atoms with van der Waals surface area (Å²) in [7, 11) is -3.56. The minimum atomic E-state index is -3.56. The summed E-state index contributed by atoms with van der Waals surface area (Å²) in [6.07, 6.45) is 0.866. The van der Waals surface area contributed by atoms with E-state index >= 15 is 0 Å². The molecule has 3 N–H and O–H groups in total. The van der Waals surface area contributed by atoms with Crippen molar-refractivity contribution in [2.75, 3.05) is 0 Å². The van der Waals surface area contributed by atoms with E-state index in [9.17, 15) is 8.42 Å². The monoisotopic (exact) mass is 245 g/mol. The van der Waals surface area contributed by atoms with Crippen molar-refractivity contribution < 1.29 is 13.5 Å². The summed E-state index contributed by atoms with van der Waals surface area (Å²) >= 11 is 0. The number of aliphatic hydroxyl groups is 1. The highest BCUT2D eigenvalue weighted by atomic mass is 32.2. The van der Waals surface area contributed by atoms with E-state index in [0.717, 1.165) is 6.42 Å². The van der Waals surface area contributed by atoms with Crippen LogP contribution in [0.3, 0.4) is 0 Å². The smallest absolute Gasteiger partial charge is 0.244 e. The lowest BCUT2D eigenvalue weighted by molar-refractivity contribution is 0.273. The second-order valence-corrected chi connectivity index (χ2v) is 5.87. The number of aromatic amines is 1. The first-order valence-electron chi connectivity index (χ1n) is 5.12. The molecule has 1 heterocycles. The Morgan fingerprint density at radius 1 is 1.62 bits per heavy atom. The number of aliphatic hydroxyl groups excluding tert-OH is 1. The number of rotatable bonds is 4. The Morgan fingerprint density at radius 3 is 2.75 bits per heavy atom. The number of aromatic nitrogens is 2. The third-order valence-corrected chi connectivity index (χ3v) is 4.49. The maximum atomic E-state index is 12.0. The van der Waals surface area contributed by atoms with Crippen molar-refractivity contribution in [3.8, 4) is 0 Å². The molecule has 0 amide bonds. The first-order valence-corrected chi connectivity index (χ1v) is 6.61. The Labute approximate surface area is 94.1 Å². The van der Waals surface area contributed by atoms with Crippen LogP contribution in [-0.4, -0.2) is 29.8 Å². The molecule has 0 bridgehead atoms. The molecule has 0 aromatic carbocycles. The summed E-state index contributed by atoms with van der Waals surface area (Å²) in [6.45, 7) is 3.22. The van der Waals surface area contributed by atoms with Crippen molar-refractivity contribution in [3.63, 3.8) is 0 Å². The van der Waals surface area contributed by atoms with Gasteiger partial charge in [0.2, 0.25) is 10.0 Å². The van der Waals surface area contributed by atoms with Crippen LogP contribution in [-0.2, 0) is 16.6 Å². The van der Waals surface area contributed by atoms with E-state index in [4.69, 9.17) is 5.11 Å². The van der Waals surface area contributed by atoms with Crippen LogP contribution in [0.15, 0.2) is 4.90 Å². The van der Waals surface area contributed by atoms with Crippen LogP contribution in [0.5, 0.6) is 0 Å². The molecule has 90 valence electrons. The van der Waals surface area contributed by atoms with E-state index in [1.54, 1.807) is 6.92 Å². The zero-order valence-electron chi connectivity index (χ0n) is 9.19. The maximum Gasteiger partial charge on any atom is 0.244 e. The highest BCUT2D eigenvalue weighted by molar-refractivity contribution is 7.89. The molecule has 16 heavy (non-hydrogen) atoms. The topological polar surface area (TPSA) is 95.1 Å². The van der Waals surface area contributed by atoms with Crippen LogP contribution >= 0.6 is 0 Å². The van der Waals surface area contributed by atoms with Crippen molar-refractivity contribution in [2.45, 2.75) is 37.8 Å². The average molecular weight is 245 g/mol. The van der Waals surface area contributed by atoms with Gasteiger partial charge in [-0.15, -0.1) is 0 Å². The van der Waals surface area contributed by atoms with E-state index in [1.807, 2.05) is 6.92 Å². The molecule has 1 aliphatic carbocycles. The Morgan fingerprint density at radius 2 is 2.25 bits per heavy atom. The van der Waals surface area contributed by atoms with Gasteiger partial charge in [0.1, 0.15) is 10.6 Å². The van der Waals surface area contributed by atoms with Crippen molar-refractivity contribution in [2.24, 2.45) is 5.92 Å². The molecule has 2 unspecified atom stereocenters. The Balaban J connectivity index is 2.31. The fraction of sp³-hybridized carbons (Fsp3) is 0.667. The average Bonchev–Trinajstić information content (AvgIpc) is 2.74. The quantitative estimate of drug-likeness (QED) is 0.690. The summed E-state index contributed by atoms with van der Waals surface area (Å²) < 4.78 is 26.6. The van der Waals surface area contributed by atoms with Crippen molar-refractivity contribution >= 4 is 10.0 Å². The molecule has 0 spiro atoms. The van der Waals surface area contributed by atoms with Gasteiger partial charge in [0.05, 0.1) is 12.3 Å². The van der Waals surface area contributed by atoms with Gasteiger partial charge in [-0.1, -0.05) is 6.92 Å². The van der Waals surface area contributed by atoms with Gasteiger partial charge in [-0.3, -0.25) is 5.10 Å². The van der Waals surface area contributed by atoms with E-state index in [1.165, 1.54) is 0 Å². The summed E-state index contributed by atoms with van der Waals surface area (Å²) in [4.78, 5) is 0.0779. The highest BCUT2D eigenvalue weighted by Gasteiger charge is 2.38. The molecule has 6 nitrogen and oxygen atoms in total. The fourth-order valence-corrected chi connectivity index (χ4v) is 3.39. The van der Waals surface area contributed by atoms with Gasteiger partial charge in [0.25, 0.3) is 0 Å². The van der Waals surface area contributed by atoms with Gasteiger partial charge >= 0.3 is 0 Å². The van der Waals surface area contributed by atoms with Crippen LogP contribution < -0.4 is 4.72 Å². The number of aryl methyl sites for hydroxylation is 1. The third-order valence-electron chi connectivity index (χ3n) is 2.80. The van der Waals surface area contributed by atoms with Crippen LogP contribution in [0, 0.1) is 12.8 Å². The molecule has 7 heteroatoms. The van der Waals surface area contributed by atoms with Gasteiger partial charge in [0.15, 0.2) is 0 Å². The Kier molecular flexibility index (Phi) is 2.77. The van der Waals surface area contributed by atoms with Crippen molar-refractivity contribution in [1.29, 1.82) is 0 Å². The zero-order chi connectivity index (χ0) is 11.9. The predicted octanol–water partition coefficient (Wildman–Crippen LogP) is -0.103. The molecule has 1 aromatic rings. The SMILES string of the molecule is Cc1[nH]nc(CO)c1S(=O)(=O)NC1CC1C. The van der Waals surface area contributed by atoms with Gasteiger partial charge in [-0.25, -0.2) is 13.1 Å². The molecule has 1 saturated carbocycles. The van der Waals surface area contributed by atoms with Gasteiger partial charge in [0, 0.05) is 6.04 Å². The van der Waals surface area contributed by atoms with Crippen molar-refractivity contribution in [1.82, 2.24) is 14.9 Å². The van der Waals surface area contributed by atoms with Crippen LogP contribution in [0.1, 0.15) is 24.7 Å². The third kappa shape index (κ3) is 1.98. The lowest BCUT2D eigenvalue weighted by atomic mass is 10.4. The van der Waals surface area contributed by atoms with Crippen LogP contribution in [0.25, 0.3) is 0 Å². The molecule has 2 atom stereocenters. The van der Waals surface area contributed by atoms with E-state index in [-0.39, 0.29) is 23.2 Å². The van der Waals surface area contributed by atoms with Crippen LogP contribution in [0.2, 0.25) is 0 Å². The normalized spacial score (nSPS) is 24.7. The van der Waals surface area contributed by atoms with Gasteiger partial charge in [-0.05, 0) is 19.3 Å². The fourth-order valence-electron chi connectivity index (χ4n) is 1.68. The van der Waals surface area contributed by atoms with E-state index in [0.29, 0.717) is 11.6 Å². The minimum Gasteiger partial charge on any atom is -0.390 e. The number of hydrogen-bond donors (Lipinski definition) is 3. The number of nitrogens with one attached hydrogen (secondary N) is 2. The number of nitrogens with zero attached hydrogens (tertiary/aromatic N) is 1. The first kappa shape index (κ1) is 11.6. The van der Waals surface area contributed by atoms with Crippen LogP contribution in [0.4, 0.5) is 0 Å². The lowest BCUT2D eigenvalue weighted by Gasteiger charge is -2.06. The molecular weight excluding hydrogens is 230 g/mol. The number of hydrogen-bond acceptors (Lipinski definition) is 4. The molecular formula is C9H15N3O3S. The molecule has 1 aromatic heterocycles. The second-order valence-electron chi connectivity index (χ2n) is 4.22. The van der Waals surface area contributed by atoms with Gasteiger partial charge in [-0.2, -0.15) is 5.10 Å².